The summed E-state index contributed by atoms with van der Waals surface area (Å²) in [5.41, 5.74) is 3.98. The standard InChI is InChI=1S/C20H34N4/c1-5-10-24-11-8-18(9-12-24)14-22-20(21-4)23-15-19-7-6-16(2)13-17(19)3/h6-7,13,18H,5,8-12,14-15H2,1-4H3,(H2,21,22,23). The normalized spacial score (nSPS) is 17.1. The maximum atomic E-state index is 4.36. The van der Waals surface area contributed by atoms with Crippen LogP contribution in [0.4, 0.5) is 0 Å². The Balaban J connectivity index is 1.73. The first kappa shape index (κ1) is 18.8. The predicted octanol–water partition coefficient (Wildman–Crippen LogP) is 3.09. The second kappa shape index (κ2) is 9.67. The van der Waals surface area contributed by atoms with Crippen molar-refractivity contribution in [2.45, 2.75) is 46.6 Å². The van der Waals surface area contributed by atoms with E-state index in [9.17, 15) is 0 Å². The third-order valence-electron chi connectivity index (χ3n) is 4.97. The number of likely N-dealkylation sites (tertiary alicyclic amines) is 1. The summed E-state index contributed by atoms with van der Waals surface area (Å²) >= 11 is 0. The van der Waals surface area contributed by atoms with Gasteiger partial charge in [-0.05, 0) is 69.8 Å². The summed E-state index contributed by atoms with van der Waals surface area (Å²) in [6.45, 7) is 12.1. The molecule has 1 aliphatic heterocycles. The molecule has 4 heteroatoms. The van der Waals surface area contributed by atoms with Gasteiger partial charge in [0.15, 0.2) is 5.96 Å². The minimum Gasteiger partial charge on any atom is -0.356 e. The van der Waals surface area contributed by atoms with Crippen molar-refractivity contribution >= 4 is 5.96 Å². The van der Waals surface area contributed by atoms with Crippen LogP contribution in [0.25, 0.3) is 0 Å². The quantitative estimate of drug-likeness (QED) is 0.622. The molecule has 4 nitrogen and oxygen atoms in total. The van der Waals surface area contributed by atoms with Crippen molar-refractivity contribution in [2.24, 2.45) is 10.9 Å². The van der Waals surface area contributed by atoms with Gasteiger partial charge in [-0.3, -0.25) is 4.99 Å². The molecule has 1 aromatic rings. The lowest BCUT2D eigenvalue weighted by Crippen LogP contribution is -2.42. The van der Waals surface area contributed by atoms with Gasteiger partial charge in [-0.25, -0.2) is 0 Å². The molecule has 0 amide bonds. The van der Waals surface area contributed by atoms with Crippen LogP contribution in [-0.4, -0.2) is 44.1 Å². The Morgan fingerprint density at radius 3 is 2.58 bits per heavy atom. The molecule has 1 fully saturated rings. The lowest BCUT2D eigenvalue weighted by molar-refractivity contribution is 0.185. The van der Waals surface area contributed by atoms with Gasteiger partial charge < -0.3 is 15.5 Å². The highest BCUT2D eigenvalue weighted by atomic mass is 15.2. The average molecular weight is 331 g/mol. The van der Waals surface area contributed by atoms with Gasteiger partial charge in [-0.15, -0.1) is 0 Å². The Hall–Kier alpha value is -1.55. The molecule has 1 aliphatic rings. The number of aryl methyl sites for hydroxylation is 2. The Labute approximate surface area is 147 Å². The smallest absolute Gasteiger partial charge is 0.191 e. The van der Waals surface area contributed by atoms with Crippen molar-refractivity contribution in [3.05, 3.63) is 34.9 Å². The van der Waals surface area contributed by atoms with Gasteiger partial charge in [-0.1, -0.05) is 30.7 Å². The van der Waals surface area contributed by atoms with Gasteiger partial charge in [-0.2, -0.15) is 0 Å². The molecule has 0 radical (unpaired) electrons. The second-order valence-corrected chi connectivity index (χ2v) is 7.02. The lowest BCUT2D eigenvalue weighted by Gasteiger charge is -2.32. The van der Waals surface area contributed by atoms with Crippen LogP contribution in [-0.2, 0) is 6.54 Å². The first-order chi connectivity index (χ1) is 11.6. The second-order valence-electron chi connectivity index (χ2n) is 7.02. The fourth-order valence-corrected chi connectivity index (χ4v) is 3.42. The molecule has 0 unspecified atom stereocenters. The van der Waals surface area contributed by atoms with Crippen molar-refractivity contribution in [1.82, 2.24) is 15.5 Å². The van der Waals surface area contributed by atoms with Crippen molar-refractivity contribution in [2.75, 3.05) is 33.2 Å². The van der Waals surface area contributed by atoms with Gasteiger partial charge >= 0.3 is 0 Å². The van der Waals surface area contributed by atoms with E-state index in [1.54, 1.807) is 0 Å². The van der Waals surface area contributed by atoms with Crippen LogP contribution in [0.2, 0.25) is 0 Å². The Morgan fingerprint density at radius 1 is 1.21 bits per heavy atom. The minimum atomic E-state index is 0.762. The number of nitrogens with zero attached hydrogens (tertiary/aromatic N) is 2. The van der Waals surface area contributed by atoms with Gasteiger partial charge in [0.05, 0.1) is 0 Å². The largest absolute Gasteiger partial charge is 0.356 e. The molecule has 2 N–H and O–H groups in total. The van der Waals surface area contributed by atoms with Crippen molar-refractivity contribution in [1.29, 1.82) is 0 Å². The lowest BCUT2D eigenvalue weighted by atomic mass is 9.97. The Kier molecular flexibility index (Phi) is 7.57. The molecular formula is C20H34N4. The molecular weight excluding hydrogens is 296 g/mol. The van der Waals surface area contributed by atoms with Crippen LogP contribution in [0.1, 0.15) is 42.9 Å². The molecule has 1 heterocycles. The molecule has 1 saturated heterocycles. The molecule has 1 aromatic carbocycles. The zero-order chi connectivity index (χ0) is 17.4. The fraction of sp³-hybridized carbons (Fsp3) is 0.650. The van der Waals surface area contributed by atoms with E-state index >= 15 is 0 Å². The van der Waals surface area contributed by atoms with E-state index in [0.717, 1.165) is 25.0 Å². The van der Waals surface area contributed by atoms with Crippen LogP contribution in [0.5, 0.6) is 0 Å². The number of aliphatic imine (C=N–C) groups is 1. The maximum absolute atomic E-state index is 4.36. The first-order valence-electron chi connectivity index (χ1n) is 9.35. The summed E-state index contributed by atoms with van der Waals surface area (Å²) in [6, 6.07) is 6.61. The number of hydrogen-bond acceptors (Lipinski definition) is 2. The van der Waals surface area contributed by atoms with Crippen molar-refractivity contribution in [3.63, 3.8) is 0 Å². The van der Waals surface area contributed by atoms with Crippen LogP contribution in [0.15, 0.2) is 23.2 Å². The van der Waals surface area contributed by atoms with E-state index < -0.39 is 0 Å². The topological polar surface area (TPSA) is 39.7 Å². The van der Waals surface area contributed by atoms with Crippen molar-refractivity contribution < 1.29 is 0 Å². The van der Waals surface area contributed by atoms with Gasteiger partial charge in [0.25, 0.3) is 0 Å². The molecule has 0 atom stereocenters. The average Bonchev–Trinajstić information content (AvgIpc) is 2.58. The zero-order valence-electron chi connectivity index (χ0n) is 15.9. The molecule has 134 valence electrons. The molecule has 0 spiro atoms. The third kappa shape index (κ3) is 5.82. The molecule has 24 heavy (non-hydrogen) atoms. The molecule has 0 aliphatic carbocycles. The molecule has 0 saturated carbocycles. The van der Waals surface area contributed by atoms with E-state index in [1.807, 2.05) is 7.05 Å². The van der Waals surface area contributed by atoms with E-state index in [4.69, 9.17) is 0 Å². The van der Waals surface area contributed by atoms with Crippen LogP contribution < -0.4 is 10.6 Å². The monoisotopic (exact) mass is 330 g/mol. The summed E-state index contributed by atoms with van der Waals surface area (Å²) in [6.07, 6.45) is 3.85. The SMILES string of the molecule is CCCN1CCC(CNC(=NC)NCc2ccc(C)cc2C)CC1. The van der Waals surface area contributed by atoms with E-state index in [-0.39, 0.29) is 0 Å². The number of guanidine groups is 1. The maximum Gasteiger partial charge on any atom is 0.191 e. The molecule has 2 rings (SSSR count). The highest BCUT2D eigenvalue weighted by Crippen LogP contribution is 2.16. The zero-order valence-corrected chi connectivity index (χ0v) is 15.9. The Bertz CT molecular complexity index is 530. The van der Waals surface area contributed by atoms with Gasteiger partial charge in [0.1, 0.15) is 0 Å². The number of benzene rings is 1. The predicted molar refractivity (Wildman–Crippen MR) is 104 cm³/mol. The van der Waals surface area contributed by atoms with Gasteiger partial charge in [0.2, 0.25) is 0 Å². The summed E-state index contributed by atoms with van der Waals surface area (Å²) in [4.78, 5) is 6.95. The number of hydrogen-bond donors (Lipinski definition) is 2. The number of rotatable bonds is 6. The third-order valence-corrected chi connectivity index (χ3v) is 4.97. The highest BCUT2D eigenvalue weighted by Gasteiger charge is 2.18. The summed E-state index contributed by atoms with van der Waals surface area (Å²) in [5, 5.41) is 6.95. The van der Waals surface area contributed by atoms with E-state index in [2.05, 4.69) is 59.5 Å². The molecule has 0 bridgehead atoms. The summed E-state index contributed by atoms with van der Waals surface area (Å²) in [5.74, 6) is 1.67. The van der Waals surface area contributed by atoms with Gasteiger partial charge in [0, 0.05) is 20.1 Å². The summed E-state index contributed by atoms with van der Waals surface area (Å²) < 4.78 is 0. The Morgan fingerprint density at radius 2 is 1.96 bits per heavy atom. The number of nitrogens with one attached hydrogen (secondary N) is 2. The molecule has 0 aromatic heterocycles. The van der Waals surface area contributed by atoms with Crippen LogP contribution >= 0.6 is 0 Å². The van der Waals surface area contributed by atoms with Crippen LogP contribution in [0.3, 0.4) is 0 Å². The highest BCUT2D eigenvalue weighted by molar-refractivity contribution is 5.79. The van der Waals surface area contributed by atoms with E-state index in [1.165, 1.54) is 55.6 Å². The number of piperidine rings is 1. The van der Waals surface area contributed by atoms with Crippen molar-refractivity contribution in [3.8, 4) is 0 Å². The van der Waals surface area contributed by atoms with Crippen LogP contribution in [0, 0.1) is 19.8 Å². The summed E-state index contributed by atoms with van der Waals surface area (Å²) in [7, 11) is 1.85. The minimum absolute atomic E-state index is 0.762. The van der Waals surface area contributed by atoms with E-state index in [0.29, 0.717) is 0 Å². The fourth-order valence-electron chi connectivity index (χ4n) is 3.42. The first-order valence-corrected chi connectivity index (χ1v) is 9.35.